The van der Waals surface area contributed by atoms with E-state index in [2.05, 4.69) is 30.1 Å². The van der Waals surface area contributed by atoms with E-state index in [0.29, 0.717) is 53.1 Å². The molecule has 0 spiro atoms. The highest BCUT2D eigenvalue weighted by Gasteiger charge is 2.45. The van der Waals surface area contributed by atoms with Crippen LogP contribution in [0.1, 0.15) is 32.1 Å². The lowest BCUT2D eigenvalue weighted by molar-refractivity contribution is 0.108. The van der Waals surface area contributed by atoms with Gasteiger partial charge in [-0.05, 0) is 56.6 Å². The zero-order valence-electron chi connectivity index (χ0n) is 24.8. The minimum atomic E-state index is -0.639. The second-order valence-corrected chi connectivity index (χ2v) is 11.9. The van der Waals surface area contributed by atoms with E-state index in [9.17, 15) is 0 Å². The maximum atomic E-state index is 16.7. The van der Waals surface area contributed by atoms with Crippen LogP contribution < -0.4 is 20.7 Å². The fourth-order valence-corrected chi connectivity index (χ4v) is 7.05. The number of aromatic nitrogens is 3. The van der Waals surface area contributed by atoms with Crippen LogP contribution in [-0.4, -0.2) is 77.6 Å². The van der Waals surface area contributed by atoms with Gasteiger partial charge in [0.1, 0.15) is 35.3 Å². The van der Waals surface area contributed by atoms with E-state index < -0.39 is 11.6 Å². The van der Waals surface area contributed by atoms with Crippen LogP contribution in [0.3, 0.4) is 0 Å². The molecule has 3 aliphatic rings. The van der Waals surface area contributed by atoms with Crippen molar-refractivity contribution in [1.82, 2.24) is 25.2 Å². The number of halogens is 2. The van der Waals surface area contributed by atoms with Gasteiger partial charge in [0.05, 0.1) is 17.5 Å². The molecule has 7 rings (SSSR count). The van der Waals surface area contributed by atoms with Gasteiger partial charge in [0.15, 0.2) is 5.82 Å². The topological polar surface area (TPSA) is 105 Å². The largest absolute Gasteiger partial charge is 0.461 e. The molecule has 0 unspecified atom stereocenters. The Bertz CT molecular complexity index is 1780. The Morgan fingerprint density at radius 1 is 1.09 bits per heavy atom. The van der Waals surface area contributed by atoms with Crippen LogP contribution in [0.4, 0.5) is 14.6 Å². The molecule has 5 heterocycles. The van der Waals surface area contributed by atoms with Crippen LogP contribution in [0.5, 0.6) is 6.01 Å². The Labute approximate surface area is 254 Å². The van der Waals surface area contributed by atoms with Crippen LogP contribution in [0.25, 0.3) is 32.9 Å². The number of aliphatic imine (C=N–C) groups is 1. The zero-order chi connectivity index (χ0) is 30.3. The Morgan fingerprint density at radius 3 is 2.68 bits per heavy atom. The zero-order valence-corrected chi connectivity index (χ0v) is 24.8. The van der Waals surface area contributed by atoms with Crippen molar-refractivity contribution in [1.29, 1.82) is 0 Å². The molecule has 0 radical (unpaired) electrons. The highest BCUT2D eigenvalue weighted by molar-refractivity contribution is 5.99. The summed E-state index contributed by atoms with van der Waals surface area (Å²) in [7, 11) is 1.64. The molecule has 11 heteroatoms. The van der Waals surface area contributed by atoms with Gasteiger partial charge in [0.2, 0.25) is 0 Å². The number of benzene rings is 2. The van der Waals surface area contributed by atoms with Gasteiger partial charge in [-0.3, -0.25) is 14.9 Å². The minimum Gasteiger partial charge on any atom is -0.461 e. The summed E-state index contributed by atoms with van der Waals surface area (Å²) in [5, 5.41) is 4.85. The highest BCUT2D eigenvalue weighted by Crippen LogP contribution is 2.40. The highest BCUT2D eigenvalue weighted by atomic mass is 19.1. The van der Waals surface area contributed by atoms with E-state index in [1.54, 1.807) is 49.7 Å². The van der Waals surface area contributed by atoms with Crippen LogP contribution in [0.2, 0.25) is 0 Å². The first-order chi connectivity index (χ1) is 21.5. The Balaban J connectivity index is 1.35. The van der Waals surface area contributed by atoms with Crippen molar-refractivity contribution < 1.29 is 13.5 Å². The number of pyridine rings is 1. The van der Waals surface area contributed by atoms with Crippen molar-refractivity contribution in [3.8, 4) is 17.3 Å². The summed E-state index contributed by atoms with van der Waals surface area (Å²) < 4.78 is 38.1. The standard InChI is InChI=1S/C33H36F2N8O/c1-37-26(36)17-22-19-42(14-6-13-38-22)31-24-18-39-29(23-9-2-7-21-8-3-10-25(34)27(21)23)28(35)30(24)40-32(41-31)44-20-33-11-4-15-43(33)16-5-12-33/h2-3,7-10,17-18,38H,4-6,11-16,19-20H2,1H3,(H2,36,37)/b22-17-. The first-order valence-electron chi connectivity index (χ1n) is 15.3. The molecule has 228 valence electrons. The quantitative estimate of drug-likeness (QED) is 0.241. The van der Waals surface area contributed by atoms with Crippen molar-refractivity contribution in [2.24, 2.45) is 10.7 Å². The lowest BCUT2D eigenvalue weighted by atomic mass is 9.95. The molecule has 3 fully saturated rings. The van der Waals surface area contributed by atoms with Gasteiger partial charge in [-0.25, -0.2) is 8.78 Å². The Kier molecular flexibility index (Phi) is 7.49. The average molecular weight is 599 g/mol. The lowest BCUT2D eigenvalue weighted by Gasteiger charge is -2.31. The van der Waals surface area contributed by atoms with Crippen LogP contribution in [0.15, 0.2) is 59.4 Å². The third kappa shape index (κ3) is 5.08. The van der Waals surface area contributed by atoms with Crippen molar-refractivity contribution in [3.05, 3.63) is 66.0 Å². The van der Waals surface area contributed by atoms with Gasteiger partial charge in [-0.1, -0.05) is 30.3 Å². The van der Waals surface area contributed by atoms with Crippen molar-refractivity contribution in [3.63, 3.8) is 0 Å². The molecule has 2 aromatic heterocycles. The third-order valence-corrected chi connectivity index (χ3v) is 9.23. The number of fused-ring (bicyclic) bond motifs is 3. The predicted octanol–water partition coefficient (Wildman–Crippen LogP) is 4.80. The van der Waals surface area contributed by atoms with Gasteiger partial charge in [-0.15, -0.1) is 0 Å². The van der Waals surface area contributed by atoms with Crippen molar-refractivity contribution in [2.45, 2.75) is 37.6 Å². The van der Waals surface area contributed by atoms with E-state index in [-0.39, 0.29) is 22.8 Å². The number of nitrogens with one attached hydrogen (secondary N) is 1. The van der Waals surface area contributed by atoms with E-state index in [4.69, 9.17) is 15.5 Å². The number of nitrogens with zero attached hydrogens (tertiary/aromatic N) is 6. The minimum absolute atomic E-state index is 0.0274. The molecule has 4 aromatic rings. The van der Waals surface area contributed by atoms with E-state index in [0.717, 1.165) is 57.4 Å². The Hall–Kier alpha value is -4.38. The normalized spacial score (nSPS) is 19.8. The van der Waals surface area contributed by atoms with Gasteiger partial charge in [-0.2, -0.15) is 9.97 Å². The van der Waals surface area contributed by atoms with Gasteiger partial charge in [0, 0.05) is 49.1 Å². The fraction of sp³-hybridized carbons (Fsp3) is 0.394. The maximum Gasteiger partial charge on any atom is 0.319 e. The van der Waals surface area contributed by atoms with Crippen molar-refractivity contribution in [2.75, 3.05) is 51.3 Å². The molecular formula is C33H36F2N8O. The molecule has 9 nitrogen and oxygen atoms in total. The number of nitrogens with two attached hydrogens (primary N) is 1. The van der Waals surface area contributed by atoms with E-state index >= 15 is 8.78 Å². The number of rotatable bonds is 6. The molecule has 0 saturated carbocycles. The molecular weight excluding hydrogens is 562 g/mol. The first-order valence-corrected chi connectivity index (χ1v) is 15.3. The summed E-state index contributed by atoms with van der Waals surface area (Å²) in [6, 6.07) is 10.2. The third-order valence-electron chi connectivity index (χ3n) is 9.23. The summed E-state index contributed by atoms with van der Waals surface area (Å²) in [5.74, 6) is -0.141. The smallest absolute Gasteiger partial charge is 0.319 e. The lowest BCUT2D eigenvalue weighted by Crippen LogP contribution is -2.43. The molecule has 2 aromatic carbocycles. The number of ether oxygens (including phenoxy) is 1. The number of amidine groups is 1. The average Bonchev–Trinajstić information content (AvgIpc) is 3.53. The number of anilines is 1. The molecule has 0 aliphatic carbocycles. The van der Waals surface area contributed by atoms with Gasteiger partial charge >= 0.3 is 6.01 Å². The monoisotopic (exact) mass is 598 g/mol. The molecule has 3 saturated heterocycles. The first kappa shape index (κ1) is 28.4. The summed E-state index contributed by atoms with van der Waals surface area (Å²) >= 11 is 0. The number of hydrogen-bond donors (Lipinski definition) is 2. The molecule has 0 amide bonds. The van der Waals surface area contributed by atoms with Crippen molar-refractivity contribution >= 4 is 33.3 Å². The van der Waals surface area contributed by atoms with Crippen LogP contribution in [-0.2, 0) is 0 Å². The molecule has 44 heavy (non-hydrogen) atoms. The summed E-state index contributed by atoms with van der Waals surface area (Å²) in [6.45, 7) is 4.44. The van der Waals surface area contributed by atoms with Crippen LogP contribution >= 0.6 is 0 Å². The summed E-state index contributed by atoms with van der Waals surface area (Å²) in [6.07, 6.45) is 8.62. The molecule has 3 aliphatic heterocycles. The fourth-order valence-electron chi connectivity index (χ4n) is 7.05. The predicted molar refractivity (Wildman–Crippen MR) is 169 cm³/mol. The summed E-state index contributed by atoms with van der Waals surface area (Å²) in [5.41, 5.74) is 7.36. The second-order valence-electron chi connectivity index (χ2n) is 11.9. The molecule has 3 N–H and O–H groups in total. The molecule has 0 bridgehead atoms. The summed E-state index contributed by atoms with van der Waals surface area (Å²) in [4.78, 5) is 22.7. The SMILES string of the molecule is CN=C(N)/C=C1/CN(c2nc(OCC34CCCN3CCC4)nc3c(F)c(-c4cccc5cccc(F)c45)ncc23)CCCN1. The Morgan fingerprint density at radius 2 is 1.89 bits per heavy atom. The van der Waals surface area contributed by atoms with E-state index in [1.807, 2.05) is 0 Å². The van der Waals surface area contributed by atoms with Gasteiger partial charge in [0.25, 0.3) is 0 Å². The van der Waals surface area contributed by atoms with Gasteiger partial charge < -0.3 is 20.7 Å². The second kappa shape index (κ2) is 11.6. The van der Waals surface area contributed by atoms with Crippen LogP contribution in [0, 0.1) is 11.6 Å². The maximum absolute atomic E-state index is 16.7. The molecule has 0 atom stereocenters. The van der Waals surface area contributed by atoms with E-state index in [1.165, 1.54) is 6.07 Å². The number of hydrogen-bond acceptors (Lipinski definition) is 8.